The van der Waals surface area contributed by atoms with Gasteiger partial charge in [0.2, 0.25) is 0 Å². The molecular formula is C8H15Cl4N3O5Si. The topological polar surface area (TPSA) is 107 Å². The van der Waals surface area contributed by atoms with Gasteiger partial charge in [0.05, 0.1) is 19.0 Å². The lowest BCUT2D eigenvalue weighted by molar-refractivity contribution is -0.265. The molecular weight excluding hydrogens is 388 g/mol. The Kier molecular flexibility index (Phi) is 14.2. The maximum absolute atomic E-state index is 8.97. The van der Waals surface area contributed by atoms with Crippen LogP contribution in [0.15, 0.2) is 18.5 Å². The lowest BCUT2D eigenvalue weighted by Gasteiger charge is -2.15. The van der Waals surface area contributed by atoms with Gasteiger partial charge in [-0.1, -0.05) is 34.8 Å². The van der Waals surface area contributed by atoms with E-state index in [4.69, 9.17) is 44.4 Å². The third-order valence-corrected chi connectivity index (χ3v) is 2.94. The van der Waals surface area contributed by atoms with Gasteiger partial charge in [-0.25, -0.2) is 4.89 Å². The van der Waals surface area contributed by atoms with Crippen LogP contribution in [0.3, 0.4) is 0 Å². The highest BCUT2D eigenvalue weighted by Crippen LogP contribution is 2.29. The van der Waals surface area contributed by atoms with E-state index < -0.39 is 12.8 Å². The summed E-state index contributed by atoms with van der Waals surface area (Å²) in [6.45, 7) is 1.60. The summed E-state index contributed by atoms with van der Waals surface area (Å²) < 4.78 is 7.23. The number of nitrogens with zero attached hydrogens (tertiary/aromatic N) is 3. The Balaban J connectivity index is 0. The van der Waals surface area contributed by atoms with Gasteiger partial charge in [0.1, 0.15) is 0 Å². The summed E-state index contributed by atoms with van der Waals surface area (Å²) in [5, 5.41) is 10.1. The molecule has 0 spiro atoms. The molecule has 1 rings (SSSR count). The SMILES string of the molecule is CCO[Si](O)(O)OOCCC(Cl)(Cl)Cl.Cl.c1cnnnc1. The number of aromatic nitrogens is 3. The molecule has 1 heterocycles. The third kappa shape index (κ3) is 18.1. The van der Waals surface area contributed by atoms with Crippen LogP contribution in [-0.2, 0) is 13.9 Å². The molecule has 0 saturated heterocycles. The molecule has 0 amide bonds. The zero-order valence-corrected chi connectivity index (χ0v) is 14.9. The van der Waals surface area contributed by atoms with Gasteiger partial charge in [-0.3, -0.25) is 0 Å². The van der Waals surface area contributed by atoms with Crippen molar-refractivity contribution in [1.29, 1.82) is 0 Å². The molecule has 0 aliphatic rings. The van der Waals surface area contributed by atoms with Gasteiger partial charge in [0.15, 0.2) is 3.79 Å². The normalized spacial score (nSPS) is 11.1. The van der Waals surface area contributed by atoms with E-state index in [1.54, 1.807) is 25.4 Å². The second-order valence-electron chi connectivity index (χ2n) is 3.06. The number of hydrogen-bond donors (Lipinski definition) is 2. The number of halogens is 4. The predicted octanol–water partition coefficient (Wildman–Crippen LogP) is 1.44. The fourth-order valence-corrected chi connectivity index (χ4v) is 1.59. The molecule has 0 aromatic carbocycles. The van der Waals surface area contributed by atoms with Crippen LogP contribution in [0.1, 0.15) is 13.3 Å². The molecule has 2 N–H and O–H groups in total. The Bertz CT molecular complexity index is 320. The highest BCUT2D eigenvalue weighted by molar-refractivity contribution is 6.67. The highest BCUT2D eigenvalue weighted by Gasteiger charge is 2.38. The predicted molar refractivity (Wildman–Crippen MR) is 80.8 cm³/mol. The zero-order valence-electron chi connectivity index (χ0n) is 10.9. The highest BCUT2D eigenvalue weighted by atomic mass is 35.6. The summed E-state index contributed by atoms with van der Waals surface area (Å²) in [6.07, 6.45) is 3.22. The molecule has 0 atom stereocenters. The molecule has 0 bridgehead atoms. The van der Waals surface area contributed by atoms with E-state index in [0.717, 1.165) is 0 Å². The average Bonchev–Trinajstić information content (AvgIpc) is 2.36. The Morgan fingerprint density at radius 3 is 2.10 bits per heavy atom. The first-order chi connectivity index (χ1) is 9.27. The van der Waals surface area contributed by atoms with Crippen LogP contribution in [0.5, 0.6) is 0 Å². The third-order valence-electron chi connectivity index (χ3n) is 1.38. The molecule has 0 aliphatic carbocycles. The molecule has 124 valence electrons. The summed E-state index contributed by atoms with van der Waals surface area (Å²) in [7, 11) is -4.15. The van der Waals surface area contributed by atoms with Gasteiger partial charge < -0.3 is 14.0 Å². The van der Waals surface area contributed by atoms with E-state index in [0.29, 0.717) is 0 Å². The first-order valence-corrected chi connectivity index (χ1v) is 8.15. The van der Waals surface area contributed by atoms with Crippen LogP contribution in [0.25, 0.3) is 0 Å². The molecule has 0 unspecified atom stereocenters. The quantitative estimate of drug-likeness (QED) is 0.242. The first kappa shape index (κ1) is 23.5. The van der Waals surface area contributed by atoms with Crippen molar-refractivity contribution in [3.63, 3.8) is 0 Å². The van der Waals surface area contributed by atoms with E-state index in [2.05, 4.69) is 29.3 Å². The Labute approximate surface area is 144 Å². The Morgan fingerprint density at radius 1 is 1.19 bits per heavy atom. The molecule has 8 nitrogen and oxygen atoms in total. The summed E-state index contributed by atoms with van der Waals surface area (Å²) in [4.78, 5) is 22.4. The van der Waals surface area contributed by atoms with E-state index in [1.165, 1.54) is 0 Å². The van der Waals surface area contributed by atoms with Crippen molar-refractivity contribution in [3.05, 3.63) is 18.5 Å². The molecule has 0 fully saturated rings. The van der Waals surface area contributed by atoms with Gasteiger partial charge in [-0.15, -0.1) is 22.6 Å². The fraction of sp³-hybridized carbons (Fsp3) is 0.625. The van der Waals surface area contributed by atoms with Gasteiger partial charge in [-0.2, -0.15) is 4.58 Å². The molecule has 0 saturated carbocycles. The van der Waals surface area contributed by atoms with Crippen molar-refractivity contribution < 1.29 is 23.5 Å². The fourth-order valence-electron chi connectivity index (χ4n) is 0.693. The second-order valence-corrected chi connectivity index (χ2v) is 7.13. The van der Waals surface area contributed by atoms with E-state index >= 15 is 0 Å². The smallest absolute Gasteiger partial charge is 0.366 e. The van der Waals surface area contributed by atoms with Crippen molar-refractivity contribution >= 4 is 56.3 Å². The number of hydrogen-bond acceptors (Lipinski definition) is 8. The van der Waals surface area contributed by atoms with Crippen molar-refractivity contribution in [2.45, 2.75) is 17.1 Å². The maximum atomic E-state index is 8.97. The van der Waals surface area contributed by atoms with E-state index in [1.807, 2.05) is 0 Å². The Morgan fingerprint density at radius 2 is 1.76 bits per heavy atom. The summed E-state index contributed by atoms with van der Waals surface area (Å²) in [5.74, 6) is 0. The monoisotopic (exact) mass is 401 g/mol. The summed E-state index contributed by atoms with van der Waals surface area (Å²) in [5.41, 5.74) is 0. The molecule has 1 aromatic rings. The standard InChI is InChI=1S/C5H11Cl3O5Si.C3H3N3.ClH/c1-2-12-14(9,10)13-11-4-3-5(6,7)8;1-2-4-6-5-3-1;/h9-10H,2-4H2,1H3;1-3H;1H. The summed E-state index contributed by atoms with van der Waals surface area (Å²) in [6, 6.07) is 1.72. The zero-order chi connectivity index (χ0) is 15.5. The first-order valence-electron chi connectivity index (χ1n) is 5.31. The van der Waals surface area contributed by atoms with Crippen LogP contribution >= 0.6 is 47.2 Å². The lowest BCUT2D eigenvalue weighted by atomic mass is 10.5. The number of alkyl halides is 3. The average molecular weight is 403 g/mol. The van der Waals surface area contributed by atoms with Crippen LogP contribution < -0.4 is 0 Å². The van der Waals surface area contributed by atoms with Crippen molar-refractivity contribution in [3.8, 4) is 0 Å². The van der Waals surface area contributed by atoms with Gasteiger partial charge in [-0.05, 0) is 18.2 Å². The van der Waals surface area contributed by atoms with Gasteiger partial charge in [0, 0.05) is 13.0 Å². The van der Waals surface area contributed by atoms with Crippen LogP contribution in [0.2, 0.25) is 0 Å². The Hall–Kier alpha value is 0.187. The molecule has 1 aromatic heterocycles. The van der Waals surface area contributed by atoms with Crippen molar-refractivity contribution in [1.82, 2.24) is 15.4 Å². The molecule has 0 radical (unpaired) electrons. The molecule has 21 heavy (non-hydrogen) atoms. The van der Waals surface area contributed by atoms with E-state index in [-0.39, 0.29) is 32.0 Å². The number of rotatable bonds is 6. The second kappa shape index (κ2) is 12.7. The summed E-state index contributed by atoms with van der Waals surface area (Å²) >= 11 is 16.2. The van der Waals surface area contributed by atoms with Crippen LogP contribution in [0.4, 0.5) is 0 Å². The van der Waals surface area contributed by atoms with Crippen molar-refractivity contribution in [2.24, 2.45) is 0 Å². The van der Waals surface area contributed by atoms with Crippen molar-refractivity contribution in [2.75, 3.05) is 13.2 Å². The molecule has 13 heteroatoms. The van der Waals surface area contributed by atoms with Gasteiger partial charge in [0.25, 0.3) is 0 Å². The van der Waals surface area contributed by atoms with Crippen LogP contribution in [-0.4, -0.2) is 51.1 Å². The minimum atomic E-state index is -4.15. The van der Waals surface area contributed by atoms with Crippen LogP contribution in [0, 0.1) is 0 Å². The molecule has 0 aliphatic heterocycles. The van der Waals surface area contributed by atoms with Gasteiger partial charge >= 0.3 is 9.05 Å². The van der Waals surface area contributed by atoms with E-state index in [9.17, 15) is 0 Å². The minimum absolute atomic E-state index is 0. The lowest BCUT2D eigenvalue weighted by Crippen LogP contribution is -2.43. The largest absolute Gasteiger partial charge is 0.702 e. The minimum Gasteiger partial charge on any atom is -0.366 e. The maximum Gasteiger partial charge on any atom is 0.702 e.